The normalized spacial score (nSPS) is 29.8. The summed E-state index contributed by atoms with van der Waals surface area (Å²) < 4.78 is 0. The number of phenolic OH excluding ortho intramolecular Hbond substituents is 1. The maximum absolute atomic E-state index is 14.1. The molecular formula is C29H39N5O7. The number of carbonyl (C=O) groups excluding carboxylic acids is 5. The number of aromatic hydroxyl groups is 1. The number of fused-ring (bicyclic) bond motifs is 3. The fraction of sp³-hybridized carbons (Fsp3) is 0.586. The first-order valence-electron chi connectivity index (χ1n) is 13.7. The lowest BCUT2D eigenvalue weighted by atomic mass is 9.52. The maximum Gasteiger partial charge on any atom is 0.235 e. The van der Waals surface area contributed by atoms with Crippen LogP contribution in [0.3, 0.4) is 0 Å². The fourth-order valence-electron chi connectivity index (χ4n) is 6.70. The van der Waals surface area contributed by atoms with Gasteiger partial charge in [0, 0.05) is 32.2 Å². The number of Topliss-reactive ketones (excluding diaryl/α,β-unsaturated/α-hetero) is 4. The van der Waals surface area contributed by atoms with E-state index in [4.69, 9.17) is 5.73 Å². The summed E-state index contributed by atoms with van der Waals surface area (Å²) in [6.07, 6.45) is 0.187. The van der Waals surface area contributed by atoms with Crippen molar-refractivity contribution in [3.8, 4) is 5.75 Å². The van der Waals surface area contributed by atoms with Crippen LogP contribution in [0.1, 0.15) is 43.1 Å². The molecule has 3 aliphatic rings. The van der Waals surface area contributed by atoms with Crippen LogP contribution in [0.15, 0.2) is 11.1 Å². The first-order chi connectivity index (χ1) is 19.0. The molecule has 6 atom stereocenters. The number of rotatable bonds is 6. The molecule has 0 aliphatic heterocycles. The predicted molar refractivity (Wildman–Crippen MR) is 152 cm³/mol. The number of nitrogens with zero attached hydrogens (tertiary/aromatic N) is 3. The zero-order valence-corrected chi connectivity index (χ0v) is 24.5. The highest BCUT2D eigenvalue weighted by molar-refractivity contribution is 6.32. The van der Waals surface area contributed by atoms with Crippen molar-refractivity contribution < 1.29 is 34.2 Å². The van der Waals surface area contributed by atoms with Crippen LogP contribution in [0.4, 0.5) is 11.4 Å². The number of benzene rings is 1. The third-order valence-electron chi connectivity index (χ3n) is 8.53. The molecule has 1 amide bonds. The molecule has 4 rings (SSSR count). The van der Waals surface area contributed by atoms with Gasteiger partial charge in [0.25, 0.3) is 0 Å². The minimum Gasteiger partial charge on any atom is -0.505 e. The number of nitrogens with two attached hydrogens (primary N) is 1. The molecule has 2 fully saturated rings. The van der Waals surface area contributed by atoms with Crippen LogP contribution in [-0.2, 0) is 25.6 Å². The van der Waals surface area contributed by atoms with E-state index in [1.54, 1.807) is 46.1 Å². The molecule has 12 heteroatoms. The lowest BCUT2D eigenvalue weighted by molar-refractivity contribution is -0.181. The molecule has 0 bridgehead atoms. The highest BCUT2D eigenvalue weighted by atomic mass is 16.3. The van der Waals surface area contributed by atoms with Crippen molar-refractivity contribution in [1.29, 1.82) is 0 Å². The number of amides is 1. The van der Waals surface area contributed by atoms with E-state index in [1.807, 2.05) is 13.8 Å². The quantitative estimate of drug-likeness (QED) is 0.162. The van der Waals surface area contributed by atoms with Crippen molar-refractivity contribution in [3.05, 3.63) is 17.2 Å². The molecule has 41 heavy (non-hydrogen) atoms. The molecule has 0 spiro atoms. The zero-order chi connectivity index (χ0) is 30.7. The van der Waals surface area contributed by atoms with Crippen molar-refractivity contribution in [2.75, 3.05) is 45.0 Å². The molecule has 0 saturated heterocycles. The van der Waals surface area contributed by atoms with Gasteiger partial charge in [-0.1, -0.05) is 13.8 Å². The third-order valence-corrected chi connectivity index (χ3v) is 8.53. The standard InChI is InChI=1S/C29H39N5O7/c1-12(2)11-31-13(3)32-17-10-18(33(4)5)15-8-14-9-16-22(34(6)7)25(37)21(28(30)40)27(39)29(16,41)26(38)19(14)24(36)20(15)23(17)35/h10,12,14,16,19,21-22,35,41H,8-9,11H2,1-7H3,(H2,30,40)(H,31,32). The molecular weight excluding hydrogens is 530 g/mol. The Morgan fingerprint density at radius 2 is 1.80 bits per heavy atom. The summed E-state index contributed by atoms with van der Waals surface area (Å²) in [4.78, 5) is 74.6. The second-order valence-corrected chi connectivity index (χ2v) is 12.3. The van der Waals surface area contributed by atoms with Gasteiger partial charge in [-0.2, -0.15) is 0 Å². The van der Waals surface area contributed by atoms with E-state index in [9.17, 15) is 34.2 Å². The van der Waals surface area contributed by atoms with Crippen molar-refractivity contribution >= 4 is 46.3 Å². The van der Waals surface area contributed by atoms with E-state index in [0.29, 0.717) is 29.5 Å². The maximum atomic E-state index is 14.1. The van der Waals surface area contributed by atoms with E-state index >= 15 is 0 Å². The number of hydrogen-bond donors (Lipinski definition) is 4. The minimum atomic E-state index is -2.76. The summed E-state index contributed by atoms with van der Waals surface area (Å²) in [5, 5.41) is 26.1. The van der Waals surface area contributed by atoms with Gasteiger partial charge >= 0.3 is 0 Å². The Bertz CT molecular complexity index is 1370. The Kier molecular flexibility index (Phi) is 7.87. The van der Waals surface area contributed by atoms with Crippen LogP contribution in [0, 0.1) is 29.6 Å². The summed E-state index contributed by atoms with van der Waals surface area (Å²) >= 11 is 0. The second-order valence-electron chi connectivity index (χ2n) is 12.3. The summed E-state index contributed by atoms with van der Waals surface area (Å²) in [5.74, 6) is -9.91. The minimum absolute atomic E-state index is 0.00149. The van der Waals surface area contributed by atoms with Crippen LogP contribution in [0.5, 0.6) is 5.75 Å². The number of carbonyl (C=O) groups is 5. The summed E-state index contributed by atoms with van der Waals surface area (Å²) in [6.45, 7) is 6.33. The number of aliphatic imine (C=N–C) groups is 1. The summed E-state index contributed by atoms with van der Waals surface area (Å²) in [6, 6.07) is 0.572. The van der Waals surface area contributed by atoms with Crippen molar-refractivity contribution in [2.45, 2.75) is 45.3 Å². The molecule has 5 N–H and O–H groups in total. The number of amidine groups is 1. The Morgan fingerprint density at radius 3 is 2.34 bits per heavy atom. The SMILES string of the molecule is CC(=NCC(C)C)Nc1cc(N(C)C)c2c(c1O)C(=O)C1C(=O)C3(O)C(=O)C(C(N)=O)C(=O)C(N(C)C)C3CC1C2. The first-order valence-corrected chi connectivity index (χ1v) is 13.7. The number of nitrogens with one attached hydrogen (secondary N) is 1. The number of hydrogen-bond acceptors (Lipinski definition) is 10. The average molecular weight is 570 g/mol. The highest BCUT2D eigenvalue weighted by Gasteiger charge is 2.69. The molecule has 0 heterocycles. The fourth-order valence-corrected chi connectivity index (χ4v) is 6.70. The van der Waals surface area contributed by atoms with E-state index in [-0.39, 0.29) is 29.8 Å². The van der Waals surface area contributed by atoms with Crippen molar-refractivity contribution in [3.63, 3.8) is 0 Å². The van der Waals surface area contributed by atoms with E-state index in [1.165, 1.54) is 4.90 Å². The largest absolute Gasteiger partial charge is 0.505 e. The lowest BCUT2D eigenvalue weighted by Gasteiger charge is -2.52. The van der Waals surface area contributed by atoms with Crippen LogP contribution in [0.25, 0.3) is 0 Å². The predicted octanol–water partition coefficient (Wildman–Crippen LogP) is 0.419. The van der Waals surface area contributed by atoms with E-state index in [0.717, 1.165) is 0 Å². The third kappa shape index (κ3) is 4.72. The van der Waals surface area contributed by atoms with Gasteiger partial charge in [-0.15, -0.1) is 0 Å². The second kappa shape index (κ2) is 10.6. The van der Waals surface area contributed by atoms with Gasteiger partial charge in [0.05, 0.1) is 29.0 Å². The molecule has 1 aromatic rings. The molecule has 0 radical (unpaired) electrons. The Morgan fingerprint density at radius 1 is 1.17 bits per heavy atom. The monoisotopic (exact) mass is 569 g/mol. The summed E-state index contributed by atoms with van der Waals surface area (Å²) in [5.41, 5.74) is 3.95. The summed E-state index contributed by atoms with van der Waals surface area (Å²) in [7, 11) is 6.69. The van der Waals surface area contributed by atoms with Gasteiger partial charge in [0.1, 0.15) is 5.75 Å². The number of primary amides is 1. The van der Waals surface area contributed by atoms with Crippen molar-refractivity contribution in [1.82, 2.24) is 4.90 Å². The van der Waals surface area contributed by atoms with Crippen LogP contribution in [0.2, 0.25) is 0 Å². The van der Waals surface area contributed by atoms with Crippen LogP contribution in [-0.4, -0.2) is 96.4 Å². The molecule has 1 aromatic carbocycles. The topological polar surface area (TPSA) is 183 Å². The molecule has 12 nitrogen and oxygen atoms in total. The van der Waals surface area contributed by atoms with Crippen LogP contribution < -0.4 is 16.0 Å². The van der Waals surface area contributed by atoms with Gasteiger partial charge in [0.15, 0.2) is 34.7 Å². The molecule has 6 unspecified atom stereocenters. The van der Waals surface area contributed by atoms with Crippen molar-refractivity contribution in [2.24, 2.45) is 40.3 Å². The van der Waals surface area contributed by atoms with Gasteiger partial charge in [-0.3, -0.25) is 33.9 Å². The number of aliphatic hydroxyl groups is 1. The molecule has 0 aromatic heterocycles. The van der Waals surface area contributed by atoms with E-state index in [2.05, 4.69) is 10.3 Å². The van der Waals surface area contributed by atoms with Crippen LogP contribution >= 0.6 is 0 Å². The zero-order valence-electron chi connectivity index (χ0n) is 24.5. The van der Waals surface area contributed by atoms with Gasteiger partial charge in [-0.05, 0) is 57.3 Å². The molecule has 3 aliphatic carbocycles. The first kappa shape index (κ1) is 30.3. The Balaban J connectivity index is 1.85. The van der Waals surface area contributed by atoms with E-state index < -0.39 is 64.4 Å². The highest BCUT2D eigenvalue weighted by Crippen LogP contribution is 2.52. The Labute approximate surface area is 239 Å². The van der Waals surface area contributed by atoms with Gasteiger partial charge < -0.3 is 26.2 Å². The van der Waals surface area contributed by atoms with Gasteiger partial charge in [0.2, 0.25) is 5.91 Å². The Hall–Kier alpha value is -3.64. The number of ketones is 4. The molecule has 2 saturated carbocycles. The number of anilines is 2. The molecule has 222 valence electrons. The number of phenols is 1. The number of likely N-dealkylation sites (N-methyl/N-ethyl adjacent to an activating group) is 1. The van der Waals surface area contributed by atoms with Gasteiger partial charge in [-0.25, -0.2) is 0 Å². The smallest absolute Gasteiger partial charge is 0.235 e. The lowest BCUT2D eigenvalue weighted by Crippen LogP contribution is -2.74. The average Bonchev–Trinajstić information content (AvgIpc) is 2.85.